The summed E-state index contributed by atoms with van der Waals surface area (Å²) in [5.41, 5.74) is 1.63. The quantitative estimate of drug-likeness (QED) is 0.761. The normalized spacial score (nSPS) is 10.9. The lowest BCUT2D eigenvalue weighted by atomic mass is 10.1. The minimum atomic E-state index is -1.11. The van der Waals surface area contributed by atoms with Crippen molar-refractivity contribution in [2.75, 3.05) is 0 Å². The van der Waals surface area contributed by atoms with Crippen molar-refractivity contribution in [3.05, 3.63) is 40.6 Å². The van der Waals surface area contributed by atoms with Crippen LogP contribution in [0.1, 0.15) is 10.5 Å². The molecule has 2 heterocycles. The van der Waals surface area contributed by atoms with E-state index in [-0.39, 0.29) is 5.69 Å². The Morgan fingerprint density at radius 2 is 2.22 bits per heavy atom. The molecular weight excluding hydrogens is 300 g/mol. The van der Waals surface area contributed by atoms with Crippen LogP contribution in [0.3, 0.4) is 0 Å². The minimum absolute atomic E-state index is 0.102. The zero-order valence-corrected chi connectivity index (χ0v) is 10.6. The van der Waals surface area contributed by atoms with E-state index in [2.05, 4.69) is 26.1 Å². The minimum Gasteiger partial charge on any atom is -0.476 e. The fourth-order valence-electron chi connectivity index (χ4n) is 1.80. The number of aromatic nitrogens is 2. The zero-order chi connectivity index (χ0) is 12.7. The van der Waals surface area contributed by atoms with Crippen LogP contribution < -0.4 is 0 Å². The van der Waals surface area contributed by atoms with Gasteiger partial charge >= 0.3 is 5.97 Å². The van der Waals surface area contributed by atoms with Crippen molar-refractivity contribution in [2.45, 2.75) is 0 Å². The average Bonchev–Trinajstić information content (AvgIpc) is 2.93. The first-order chi connectivity index (χ1) is 8.65. The van der Waals surface area contributed by atoms with Gasteiger partial charge in [-0.25, -0.2) is 4.79 Å². The molecule has 0 saturated heterocycles. The Morgan fingerprint density at radius 1 is 1.39 bits per heavy atom. The summed E-state index contributed by atoms with van der Waals surface area (Å²) in [6.45, 7) is 0. The third-order valence-corrected chi connectivity index (χ3v) is 3.13. The standard InChI is InChI=1S/C12H7BrN2O3/c13-6-1-2-9-7(3-6)8(5-14-9)11-4-10(12(16)17)15-18-11/h1-5,14H,(H,16,17). The zero-order valence-electron chi connectivity index (χ0n) is 8.98. The number of carboxylic acids is 1. The van der Waals surface area contributed by atoms with Gasteiger partial charge in [0.15, 0.2) is 11.5 Å². The van der Waals surface area contributed by atoms with Crippen molar-refractivity contribution in [1.82, 2.24) is 10.1 Å². The van der Waals surface area contributed by atoms with Crippen LogP contribution in [0, 0.1) is 0 Å². The molecule has 0 bridgehead atoms. The molecular formula is C12H7BrN2O3. The summed E-state index contributed by atoms with van der Waals surface area (Å²) in [4.78, 5) is 13.9. The SMILES string of the molecule is O=C(O)c1cc(-c2c[nH]c3ccc(Br)cc23)on1. The lowest BCUT2D eigenvalue weighted by Crippen LogP contribution is -1.94. The first-order valence-corrected chi connectivity index (χ1v) is 5.91. The highest BCUT2D eigenvalue weighted by Gasteiger charge is 2.15. The van der Waals surface area contributed by atoms with Gasteiger partial charge in [-0.15, -0.1) is 0 Å². The number of halogens is 1. The molecule has 0 aliphatic carbocycles. The van der Waals surface area contributed by atoms with Crippen LogP contribution in [0.15, 0.2) is 39.5 Å². The summed E-state index contributed by atoms with van der Waals surface area (Å²) in [6.07, 6.45) is 1.77. The van der Waals surface area contributed by atoms with Crippen molar-refractivity contribution in [3.63, 3.8) is 0 Å². The maximum absolute atomic E-state index is 10.8. The van der Waals surface area contributed by atoms with Gasteiger partial charge in [-0.3, -0.25) is 0 Å². The van der Waals surface area contributed by atoms with Crippen LogP contribution in [0.2, 0.25) is 0 Å². The first kappa shape index (κ1) is 11.0. The number of carboxylic acid groups (broad SMARTS) is 1. The van der Waals surface area contributed by atoms with Crippen LogP contribution in [-0.4, -0.2) is 21.2 Å². The topological polar surface area (TPSA) is 79.1 Å². The van der Waals surface area contributed by atoms with E-state index >= 15 is 0 Å². The van der Waals surface area contributed by atoms with Crippen LogP contribution in [-0.2, 0) is 0 Å². The molecule has 6 heteroatoms. The molecule has 0 atom stereocenters. The van der Waals surface area contributed by atoms with Gasteiger partial charge in [-0.05, 0) is 18.2 Å². The van der Waals surface area contributed by atoms with E-state index < -0.39 is 5.97 Å². The van der Waals surface area contributed by atoms with E-state index in [9.17, 15) is 4.79 Å². The molecule has 0 spiro atoms. The summed E-state index contributed by atoms with van der Waals surface area (Å²) in [6, 6.07) is 7.19. The molecule has 0 unspecified atom stereocenters. The van der Waals surface area contributed by atoms with Crippen molar-refractivity contribution in [3.8, 4) is 11.3 Å². The largest absolute Gasteiger partial charge is 0.476 e. The molecule has 0 amide bonds. The molecule has 0 saturated carbocycles. The van der Waals surface area contributed by atoms with E-state index in [1.165, 1.54) is 6.07 Å². The van der Waals surface area contributed by atoms with Crippen LogP contribution in [0.4, 0.5) is 0 Å². The summed E-state index contributed by atoms with van der Waals surface area (Å²) < 4.78 is 5.99. The number of hydrogen-bond acceptors (Lipinski definition) is 3. The van der Waals surface area contributed by atoms with Crippen LogP contribution >= 0.6 is 15.9 Å². The monoisotopic (exact) mass is 306 g/mol. The second-order valence-corrected chi connectivity index (χ2v) is 4.69. The van der Waals surface area contributed by atoms with E-state index in [1.54, 1.807) is 6.20 Å². The summed E-state index contributed by atoms with van der Waals surface area (Å²) in [7, 11) is 0. The molecule has 18 heavy (non-hydrogen) atoms. The number of hydrogen-bond donors (Lipinski definition) is 2. The fraction of sp³-hybridized carbons (Fsp3) is 0. The number of nitrogens with zero attached hydrogens (tertiary/aromatic N) is 1. The Balaban J connectivity index is 2.18. The van der Waals surface area contributed by atoms with Gasteiger partial charge in [0.05, 0.1) is 0 Å². The van der Waals surface area contributed by atoms with Gasteiger partial charge < -0.3 is 14.6 Å². The first-order valence-electron chi connectivity index (χ1n) is 5.12. The number of carbonyl (C=O) groups is 1. The smallest absolute Gasteiger partial charge is 0.358 e. The highest BCUT2D eigenvalue weighted by atomic mass is 79.9. The molecule has 0 radical (unpaired) electrons. The maximum atomic E-state index is 10.8. The van der Waals surface area contributed by atoms with Crippen molar-refractivity contribution in [1.29, 1.82) is 0 Å². The molecule has 3 rings (SSSR count). The molecule has 90 valence electrons. The molecule has 0 aliphatic rings. The number of rotatable bonds is 2. The van der Waals surface area contributed by atoms with Gasteiger partial charge in [0.2, 0.25) is 0 Å². The van der Waals surface area contributed by atoms with E-state index in [4.69, 9.17) is 9.63 Å². The Labute approximate surface area is 110 Å². The average molecular weight is 307 g/mol. The molecule has 2 aromatic heterocycles. The van der Waals surface area contributed by atoms with Crippen LogP contribution in [0.25, 0.3) is 22.2 Å². The fourth-order valence-corrected chi connectivity index (χ4v) is 2.16. The number of benzene rings is 1. The van der Waals surface area contributed by atoms with Crippen LogP contribution in [0.5, 0.6) is 0 Å². The van der Waals surface area contributed by atoms with Gasteiger partial charge in [-0.1, -0.05) is 21.1 Å². The van der Waals surface area contributed by atoms with Gasteiger partial charge in [-0.2, -0.15) is 0 Å². The second-order valence-electron chi connectivity index (χ2n) is 3.77. The van der Waals surface area contributed by atoms with Gasteiger partial charge in [0.1, 0.15) is 0 Å². The number of aromatic amines is 1. The number of nitrogens with one attached hydrogen (secondary N) is 1. The predicted octanol–water partition coefficient (Wildman–Crippen LogP) is 3.28. The predicted molar refractivity (Wildman–Crippen MR) is 68.5 cm³/mol. The number of H-pyrrole nitrogens is 1. The van der Waals surface area contributed by atoms with Gasteiger partial charge in [0, 0.05) is 33.2 Å². The Bertz CT molecular complexity index is 745. The Hall–Kier alpha value is -2.08. The molecule has 5 nitrogen and oxygen atoms in total. The third-order valence-electron chi connectivity index (χ3n) is 2.64. The van der Waals surface area contributed by atoms with Crippen molar-refractivity contribution < 1.29 is 14.4 Å². The Kier molecular flexibility index (Phi) is 2.45. The molecule has 1 aromatic carbocycles. The molecule has 2 N–H and O–H groups in total. The number of fused-ring (bicyclic) bond motifs is 1. The summed E-state index contributed by atoms with van der Waals surface area (Å²) >= 11 is 3.40. The van der Waals surface area contributed by atoms with E-state index in [1.807, 2.05) is 18.2 Å². The third kappa shape index (κ3) is 1.70. The Morgan fingerprint density at radius 3 is 2.94 bits per heavy atom. The molecule has 0 aliphatic heterocycles. The summed E-state index contributed by atoms with van der Waals surface area (Å²) in [5, 5.41) is 13.3. The van der Waals surface area contributed by atoms with Crippen molar-refractivity contribution in [2.24, 2.45) is 0 Å². The van der Waals surface area contributed by atoms with E-state index in [0.717, 1.165) is 20.9 Å². The lowest BCUT2D eigenvalue weighted by Gasteiger charge is -1.94. The molecule has 3 aromatic rings. The maximum Gasteiger partial charge on any atom is 0.358 e. The summed E-state index contributed by atoms with van der Waals surface area (Å²) in [5.74, 6) is -0.678. The highest BCUT2D eigenvalue weighted by molar-refractivity contribution is 9.10. The second kappa shape index (κ2) is 3.99. The van der Waals surface area contributed by atoms with Gasteiger partial charge in [0.25, 0.3) is 0 Å². The molecule has 0 fully saturated rings. The van der Waals surface area contributed by atoms with E-state index in [0.29, 0.717) is 5.76 Å². The number of aromatic carboxylic acids is 1. The van der Waals surface area contributed by atoms with Crippen molar-refractivity contribution >= 4 is 32.8 Å². The highest BCUT2D eigenvalue weighted by Crippen LogP contribution is 2.30. The lowest BCUT2D eigenvalue weighted by molar-refractivity contribution is 0.0686.